The summed E-state index contributed by atoms with van der Waals surface area (Å²) in [5.74, 6) is 0.642. The van der Waals surface area contributed by atoms with Gasteiger partial charge in [-0.3, -0.25) is 0 Å². The Labute approximate surface area is 105 Å². The van der Waals surface area contributed by atoms with E-state index in [0.717, 1.165) is 16.6 Å². The number of ether oxygens (including phenoxy) is 2. The maximum atomic E-state index is 9.80. The molecule has 0 saturated carbocycles. The topological polar surface area (TPSA) is 42.0 Å². The molecule has 1 N–H and O–H groups in total. The fourth-order valence-electron chi connectivity index (χ4n) is 1.20. The lowest BCUT2D eigenvalue weighted by Gasteiger charge is -2.12. The molecule has 3 nitrogen and oxygen atoms in total. The van der Waals surface area contributed by atoms with Gasteiger partial charge in [0.2, 0.25) is 0 Å². The van der Waals surface area contributed by atoms with Gasteiger partial charge < -0.3 is 14.6 Å². The average Bonchev–Trinajstić information content (AvgIpc) is 2.99. The van der Waals surface area contributed by atoms with E-state index < -0.39 is 0 Å². The van der Waals surface area contributed by atoms with Gasteiger partial charge in [-0.15, -0.1) is 0 Å². The predicted molar refractivity (Wildman–Crippen MR) is 63.5 cm³/mol. The first-order valence-electron chi connectivity index (χ1n) is 4.51. The van der Waals surface area contributed by atoms with E-state index in [1.54, 1.807) is 6.07 Å². The third-order valence-electron chi connectivity index (χ3n) is 2.21. The normalized spacial score (nSPS) is 19.0. The fourth-order valence-corrected chi connectivity index (χ4v) is 2.32. The van der Waals surface area contributed by atoms with Crippen molar-refractivity contribution in [3.8, 4) is 11.5 Å². The first kappa shape index (κ1) is 11.2. The first-order chi connectivity index (χ1) is 7.09. The van der Waals surface area contributed by atoms with Gasteiger partial charge in [-0.2, -0.15) is 0 Å². The SMILES string of the molecule is Cc1c(Br)cc(Br)c(O)c1OCC1CO1. The minimum Gasteiger partial charge on any atom is -0.503 e. The molecule has 0 aromatic heterocycles. The van der Waals surface area contributed by atoms with E-state index in [1.807, 2.05) is 6.92 Å². The number of hydrogen-bond donors (Lipinski definition) is 1. The van der Waals surface area contributed by atoms with Crippen molar-refractivity contribution < 1.29 is 14.6 Å². The molecule has 0 aliphatic carbocycles. The quantitative estimate of drug-likeness (QED) is 0.862. The van der Waals surface area contributed by atoms with Crippen LogP contribution in [0.15, 0.2) is 15.0 Å². The summed E-state index contributed by atoms with van der Waals surface area (Å²) in [7, 11) is 0. The summed E-state index contributed by atoms with van der Waals surface area (Å²) in [6.45, 7) is 3.12. The molecule has 1 aromatic rings. The lowest BCUT2D eigenvalue weighted by atomic mass is 10.2. The smallest absolute Gasteiger partial charge is 0.172 e. The number of aromatic hydroxyl groups is 1. The predicted octanol–water partition coefficient (Wildman–Crippen LogP) is 3.00. The Hall–Kier alpha value is -0.260. The minimum atomic E-state index is 0.136. The van der Waals surface area contributed by atoms with E-state index in [2.05, 4.69) is 31.9 Å². The molecule has 2 rings (SSSR count). The summed E-state index contributed by atoms with van der Waals surface area (Å²) in [4.78, 5) is 0. The molecule has 1 aliphatic heterocycles. The van der Waals surface area contributed by atoms with Crippen LogP contribution < -0.4 is 4.74 Å². The molecule has 5 heteroatoms. The molecular weight excluding hydrogens is 328 g/mol. The summed E-state index contributed by atoms with van der Waals surface area (Å²) in [5, 5.41) is 9.80. The zero-order chi connectivity index (χ0) is 11.0. The highest BCUT2D eigenvalue weighted by molar-refractivity contribution is 9.11. The van der Waals surface area contributed by atoms with Crippen LogP contribution >= 0.6 is 31.9 Å². The molecular formula is C10H10Br2O3. The van der Waals surface area contributed by atoms with Crippen LogP contribution in [0.4, 0.5) is 0 Å². The molecule has 82 valence electrons. The fraction of sp³-hybridized carbons (Fsp3) is 0.400. The van der Waals surface area contributed by atoms with Crippen LogP contribution in [0.1, 0.15) is 5.56 Å². The van der Waals surface area contributed by atoms with E-state index >= 15 is 0 Å². The van der Waals surface area contributed by atoms with Crippen molar-refractivity contribution in [2.24, 2.45) is 0 Å². The third-order valence-corrected chi connectivity index (χ3v) is 3.64. The molecule has 1 saturated heterocycles. The van der Waals surface area contributed by atoms with Crippen LogP contribution in [0.25, 0.3) is 0 Å². The monoisotopic (exact) mass is 336 g/mol. The molecule has 0 bridgehead atoms. The number of phenolic OH excluding ortho intramolecular Hbond substituents is 1. The van der Waals surface area contributed by atoms with Crippen molar-refractivity contribution in [1.29, 1.82) is 0 Å². The number of halogens is 2. The van der Waals surface area contributed by atoms with Crippen LogP contribution in [0.2, 0.25) is 0 Å². The Morgan fingerprint density at radius 2 is 2.20 bits per heavy atom. The van der Waals surface area contributed by atoms with E-state index in [1.165, 1.54) is 0 Å². The first-order valence-corrected chi connectivity index (χ1v) is 6.10. The van der Waals surface area contributed by atoms with Gasteiger partial charge in [0.1, 0.15) is 12.7 Å². The molecule has 15 heavy (non-hydrogen) atoms. The molecule has 0 radical (unpaired) electrons. The largest absolute Gasteiger partial charge is 0.503 e. The van der Waals surface area contributed by atoms with Gasteiger partial charge in [-0.25, -0.2) is 0 Å². The van der Waals surface area contributed by atoms with Crippen LogP contribution in [-0.4, -0.2) is 24.4 Å². The van der Waals surface area contributed by atoms with Gasteiger partial charge in [0, 0.05) is 10.0 Å². The van der Waals surface area contributed by atoms with Gasteiger partial charge in [0.25, 0.3) is 0 Å². The van der Waals surface area contributed by atoms with Gasteiger partial charge in [0.15, 0.2) is 11.5 Å². The maximum Gasteiger partial charge on any atom is 0.172 e. The van der Waals surface area contributed by atoms with Crippen molar-refractivity contribution >= 4 is 31.9 Å². The molecule has 0 amide bonds. The van der Waals surface area contributed by atoms with E-state index in [-0.39, 0.29) is 11.9 Å². The van der Waals surface area contributed by atoms with Gasteiger partial charge >= 0.3 is 0 Å². The number of hydrogen-bond acceptors (Lipinski definition) is 3. The maximum absolute atomic E-state index is 9.80. The third kappa shape index (κ3) is 2.46. The van der Waals surface area contributed by atoms with Crippen molar-refractivity contribution in [2.75, 3.05) is 13.2 Å². The molecule has 1 heterocycles. The van der Waals surface area contributed by atoms with E-state index in [0.29, 0.717) is 16.8 Å². The van der Waals surface area contributed by atoms with Crippen molar-refractivity contribution in [1.82, 2.24) is 0 Å². The molecule has 1 atom stereocenters. The number of epoxide rings is 1. The highest BCUT2D eigenvalue weighted by Crippen LogP contribution is 2.41. The van der Waals surface area contributed by atoms with Crippen LogP contribution in [0.5, 0.6) is 11.5 Å². The lowest BCUT2D eigenvalue weighted by Crippen LogP contribution is -2.05. The second-order valence-corrected chi connectivity index (χ2v) is 5.12. The average molecular weight is 338 g/mol. The molecule has 1 unspecified atom stereocenters. The molecule has 0 spiro atoms. The highest BCUT2D eigenvalue weighted by atomic mass is 79.9. The Bertz CT molecular complexity index is 362. The Balaban J connectivity index is 2.25. The van der Waals surface area contributed by atoms with Crippen molar-refractivity contribution in [3.63, 3.8) is 0 Å². The van der Waals surface area contributed by atoms with Crippen molar-refractivity contribution in [3.05, 3.63) is 20.6 Å². The standard InChI is InChI=1S/C10H10Br2O3/c1-5-7(11)2-8(12)9(13)10(5)15-4-6-3-14-6/h2,6,13H,3-4H2,1H3. The lowest BCUT2D eigenvalue weighted by molar-refractivity contribution is 0.252. The van der Waals surface area contributed by atoms with Crippen LogP contribution in [0, 0.1) is 6.92 Å². The summed E-state index contributed by atoms with van der Waals surface area (Å²) in [6.07, 6.45) is 0.182. The number of rotatable bonds is 3. The Kier molecular flexibility index (Phi) is 3.23. The second-order valence-electron chi connectivity index (χ2n) is 3.41. The zero-order valence-electron chi connectivity index (χ0n) is 8.09. The summed E-state index contributed by atoms with van der Waals surface area (Å²) in [6, 6.07) is 1.80. The summed E-state index contributed by atoms with van der Waals surface area (Å²) >= 11 is 6.66. The Morgan fingerprint density at radius 3 is 2.80 bits per heavy atom. The van der Waals surface area contributed by atoms with Gasteiger partial charge in [-0.1, -0.05) is 15.9 Å². The summed E-state index contributed by atoms with van der Waals surface area (Å²) < 4.78 is 12.1. The number of phenols is 1. The molecule has 1 aliphatic rings. The number of benzene rings is 1. The van der Waals surface area contributed by atoms with Crippen LogP contribution in [0.3, 0.4) is 0 Å². The van der Waals surface area contributed by atoms with E-state index in [9.17, 15) is 5.11 Å². The highest BCUT2D eigenvalue weighted by Gasteiger charge is 2.24. The van der Waals surface area contributed by atoms with Gasteiger partial charge in [0.05, 0.1) is 11.1 Å². The van der Waals surface area contributed by atoms with Crippen LogP contribution in [-0.2, 0) is 4.74 Å². The minimum absolute atomic E-state index is 0.136. The van der Waals surface area contributed by atoms with E-state index in [4.69, 9.17) is 9.47 Å². The van der Waals surface area contributed by atoms with Gasteiger partial charge in [-0.05, 0) is 28.9 Å². The summed E-state index contributed by atoms with van der Waals surface area (Å²) in [5.41, 5.74) is 0.886. The zero-order valence-corrected chi connectivity index (χ0v) is 11.3. The second kappa shape index (κ2) is 4.31. The Morgan fingerprint density at radius 1 is 1.53 bits per heavy atom. The molecule has 1 fully saturated rings. The van der Waals surface area contributed by atoms with Crippen molar-refractivity contribution in [2.45, 2.75) is 13.0 Å². The molecule has 1 aromatic carbocycles.